The summed E-state index contributed by atoms with van der Waals surface area (Å²) in [5.74, 6) is -0.155. The van der Waals surface area contributed by atoms with Crippen molar-refractivity contribution in [1.82, 2.24) is 10.0 Å². The highest BCUT2D eigenvalue weighted by Gasteiger charge is 2.22. The van der Waals surface area contributed by atoms with Gasteiger partial charge >= 0.3 is 0 Å². The molecule has 0 radical (unpaired) electrons. The van der Waals surface area contributed by atoms with Crippen molar-refractivity contribution in [2.45, 2.75) is 37.5 Å². The van der Waals surface area contributed by atoms with E-state index in [2.05, 4.69) is 10.0 Å². The van der Waals surface area contributed by atoms with Gasteiger partial charge in [-0.3, -0.25) is 4.79 Å². The number of benzene rings is 1. The minimum absolute atomic E-state index is 0.0102. The van der Waals surface area contributed by atoms with Crippen LogP contribution in [0.3, 0.4) is 0 Å². The number of sulfonamides is 1. The zero-order valence-corrected chi connectivity index (χ0v) is 12.7. The first kappa shape index (κ1) is 15.8. The Balaban J connectivity index is 1.71. The number of hydrogen-bond acceptors (Lipinski definition) is 4. The van der Waals surface area contributed by atoms with Gasteiger partial charge in [-0.15, -0.1) is 0 Å². The number of carbonyl (C=O) groups is 1. The molecule has 2 rings (SSSR count). The van der Waals surface area contributed by atoms with Crippen LogP contribution in [0.25, 0.3) is 0 Å². The zero-order chi connectivity index (χ0) is 15.3. The quantitative estimate of drug-likeness (QED) is 0.487. The molecule has 0 heterocycles. The second kappa shape index (κ2) is 6.91. The first-order valence-electron chi connectivity index (χ1n) is 7.06. The lowest BCUT2D eigenvalue weighted by Crippen LogP contribution is -2.29. The second-order valence-electron chi connectivity index (χ2n) is 5.30. The molecule has 1 aliphatic carbocycles. The van der Waals surface area contributed by atoms with E-state index in [1.54, 1.807) is 24.3 Å². The van der Waals surface area contributed by atoms with Gasteiger partial charge in [0.15, 0.2) is 0 Å². The average Bonchev–Trinajstić information content (AvgIpc) is 3.21. The summed E-state index contributed by atoms with van der Waals surface area (Å²) in [4.78, 5) is 11.4. The highest BCUT2D eigenvalue weighted by molar-refractivity contribution is 7.88. The molecule has 1 saturated carbocycles. The lowest BCUT2D eigenvalue weighted by molar-refractivity contribution is -0.121. The fraction of sp³-hybridized carbons (Fsp3) is 0.500. The molecule has 116 valence electrons. The molecule has 1 aliphatic rings. The Morgan fingerprint density at radius 2 is 2.00 bits per heavy atom. The number of anilines is 1. The maximum atomic E-state index is 11.9. The lowest BCUT2D eigenvalue weighted by atomic mass is 10.2. The highest BCUT2D eigenvalue weighted by atomic mass is 32.2. The van der Waals surface area contributed by atoms with Crippen LogP contribution >= 0.6 is 0 Å². The van der Waals surface area contributed by atoms with Crippen molar-refractivity contribution in [2.24, 2.45) is 0 Å². The van der Waals surface area contributed by atoms with Crippen LogP contribution < -0.4 is 15.8 Å². The van der Waals surface area contributed by atoms with E-state index >= 15 is 0 Å². The average molecular weight is 311 g/mol. The Kier molecular flexibility index (Phi) is 5.19. The van der Waals surface area contributed by atoms with Crippen molar-refractivity contribution in [3.63, 3.8) is 0 Å². The van der Waals surface area contributed by atoms with Crippen LogP contribution in [0.4, 0.5) is 5.69 Å². The third kappa shape index (κ3) is 5.73. The van der Waals surface area contributed by atoms with Gasteiger partial charge in [0.05, 0.1) is 5.75 Å². The Morgan fingerprint density at radius 3 is 2.67 bits per heavy atom. The van der Waals surface area contributed by atoms with Crippen molar-refractivity contribution >= 4 is 21.6 Å². The van der Waals surface area contributed by atoms with Gasteiger partial charge < -0.3 is 11.1 Å². The minimum Gasteiger partial charge on any atom is -0.398 e. The molecule has 1 fully saturated rings. The molecule has 0 unspecified atom stereocenters. The van der Waals surface area contributed by atoms with Gasteiger partial charge in [-0.25, -0.2) is 13.1 Å². The molecular weight excluding hydrogens is 290 g/mol. The molecule has 0 aliphatic heterocycles. The normalized spacial score (nSPS) is 14.9. The van der Waals surface area contributed by atoms with E-state index in [-0.39, 0.29) is 18.2 Å². The van der Waals surface area contributed by atoms with Crippen LogP contribution in [-0.4, -0.2) is 26.9 Å². The summed E-state index contributed by atoms with van der Waals surface area (Å²) in [6.45, 7) is 0.257. The molecule has 0 aromatic heterocycles. The minimum atomic E-state index is -3.43. The SMILES string of the molecule is Nc1ccccc1CS(=O)(=O)NCCCC(=O)NC1CC1. The Bertz CT molecular complexity index is 597. The number of hydrogen-bond donors (Lipinski definition) is 3. The number of nitrogens with two attached hydrogens (primary N) is 1. The van der Waals surface area contributed by atoms with E-state index in [0.29, 0.717) is 30.1 Å². The topological polar surface area (TPSA) is 101 Å². The molecule has 7 heteroatoms. The summed E-state index contributed by atoms with van der Waals surface area (Å²) in [5, 5.41) is 2.87. The lowest BCUT2D eigenvalue weighted by Gasteiger charge is -2.08. The molecular formula is C14H21N3O3S. The third-order valence-corrected chi connectivity index (χ3v) is 4.58. The smallest absolute Gasteiger partial charge is 0.220 e. The van der Waals surface area contributed by atoms with Gasteiger partial charge in [0.25, 0.3) is 0 Å². The van der Waals surface area contributed by atoms with Crippen molar-refractivity contribution in [3.05, 3.63) is 29.8 Å². The molecule has 0 bridgehead atoms. The molecule has 6 nitrogen and oxygen atoms in total. The van der Waals surface area contributed by atoms with Gasteiger partial charge in [0, 0.05) is 24.7 Å². The number of rotatable bonds is 8. The predicted octanol–water partition coefficient (Wildman–Crippen LogP) is 0.747. The van der Waals surface area contributed by atoms with Crippen molar-refractivity contribution < 1.29 is 13.2 Å². The van der Waals surface area contributed by atoms with Crippen LogP contribution in [-0.2, 0) is 20.6 Å². The maximum absolute atomic E-state index is 11.9. The van der Waals surface area contributed by atoms with Crippen LogP contribution in [0.15, 0.2) is 24.3 Å². The fourth-order valence-corrected chi connectivity index (χ4v) is 3.16. The molecule has 4 N–H and O–H groups in total. The molecule has 0 saturated heterocycles. The standard InChI is InChI=1S/C14H21N3O3S/c15-13-5-2-1-4-11(13)10-21(19,20)16-9-3-6-14(18)17-12-7-8-12/h1-2,4-5,12,16H,3,6-10,15H2,(H,17,18). The van der Waals surface area contributed by atoms with Crippen molar-refractivity contribution in [2.75, 3.05) is 12.3 Å². The molecule has 1 amide bonds. The van der Waals surface area contributed by atoms with E-state index in [1.807, 2.05) is 0 Å². The fourth-order valence-electron chi connectivity index (χ4n) is 1.93. The summed E-state index contributed by atoms with van der Waals surface area (Å²) in [6, 6.07) is 7.22. The molecule has 0 spiro atoms. The van der Waals surface area contributed by atoms with E-state index in [4.69, 9.17) is 5.73 Å². The maximum Gasteiger partial charge on any atom is 0.220 e. The Morgan fingerprint density at radius 1 is 1.29 bits per heavy atom. The number of nitrogens with one attached hydrogen (secondary N) is 2. The summed E-state index contributed by atoms with van der Waals surface area (Å²) in [5.41, 5.74) is 6.77. The van der Waals surface area contributed by atoms with Crippen LogP contribution in [0, 0.1) is 0 Å². The molecule has 1 aromatic carbocycles. The van der Waals surface area contributed by atoms with E-state index < -0.39 is 10.0 Å². The first-order chi connectivity index (χ1) is 9.96. The van der Waals surface area contributed by atoms with E-state index in [0.717, 1.165) is 12.8 Å². The Labute approximate surface area is 125 Å². The number of nitrogen functional groups attached to an aromatic ring is 1. The van der Waals surface area contributed by atoms with Gasteiger partial charge in [-0.1, -0.05) is 18.2 Å². The van der Waals surface area contributed by atoms with Gasteiger partial charge in [0.2, 0.25) is 15.9 Å². The Hall–Kier alpha value is -1.60. The van der Waals surface area contributed by atoms with Gasteiger partial charge in [-0.2, -0.15) is 0 Å². The number of carbonyl (C=O) groups excluding carboxylic acids is 1. The molecule has 21 heavy (non-hydrogen) atoms. The van der Waals surface area contributed by atoms with Gasteiger partial charge in [0.1, 0.15) is 0 Å². The van der Waals surface area contributed by atoms with E-state index in [9.17, 15) is 13.2 Å². The zero-order valence-electron chi connectivity index (χ0n) is 11.8. The van der Waals surface area contributed by atoms with Crippen LogP contribution in [0.5, 0.6) is 0 Å². The summed E-state index contributed by atoms with van der Waals surface area (Å²) < 4.78 is 26.3. The molecule has 1 aromatic rings. The largest absolute Gasteiger partial charge is 0.398 e. The van der Waals surface area contributed by atoms with Crippen LogP contribution in [0.2, 0.25) is 0 Å². The molecule has 0 atom stereocenters. The monoisotopic (exact) mass is 311 g/mol. The van der Waals surface area contributed by atoms with Crippen molar-refractivity contribution in [1.29, 1.82) is 0 Å². The van der Waals surface area contributed by atoms with E-state index in [1.165, 1.54) is 0 Å². The third-order valence-electron chi connectivity index (χ3n) is 3.25. The first-order valence-corrected chi connectivity index (χ1v) is 8.71. The number of para-hydroxylation sites is 1. The second-order valence-corrected chi connectivity index (χ2v) is 7.10. The van der Waals surface area contributed by atoms with Crippen LogP contribution in [0.1, 0.15) is 31.2 Å². The van der Waals surface area contributed by atoms with Gasteiger partial charge in [-0.05, 0) is 30.9 Å². The van der Waals surface area contributed by atoms with Crippen molar-refractivity contribution in [3.8, 4) is 0 Å². The highest BCUT2D eigenvalue weighted by Crippen LogP contribution is 2.18. The number of amides is 1. The summed E-state index contributed by atoms with van der Waals surface area (Å²) in [7, 11) is -3.43. The predicted molar refractivity (Wildman–Crippen MR) is 81.9 cm³/mol. The summed E-state index contributed by atoms with van der Waals surface area (Å²) in [6.07, 6.45) is 2.93. The summed E-state index contributed by atoms with van der Waals surface area (Å²) >= 11 is 0.